The van der Waals surface area contributed by atoms with E-state index < -0.39 is 5.69 Å². The lowest BCUT2D eigenvalue weighted by atomic mass is 10.0. The van der Waals surface area contributed by atoms with Gasteiger partial charge in [0.1, 0.15) is 5.82 Å². The highest BCUT2D eigenvalue weighted by Gasteiger charge is 2.30. The number of hydrogen-bond donors (Lipinski definition) is 0. The second-order valence-electron chi connectivity index (χ2n) is 10.9. The number of carbonyl (C=O) groups excluding carboxylic acids is 1. The first-order chi connectivity index (χ1) is 19.9. The van der Waals surface area contributed by atoms with Gasteiger partial charge in [-0.05, 0) is 62.6 Å². The molecule has 0 unspecified atom stereocenters. The maximum absolute atomic E-state index is 14.0. The molecular formula is C31H35N7O3. The van der Waals surface area contributed by atoms with E-state index in [0.717, 1.165) is 11.3 Å². The number of pyridine rings is 3. The first kappa shape index (κ1) is 26.6. The van der Waals surface area contributed by atoms with E-state index in [2.05, 4.69) is 16.5 Å². The number of aromatic nitrogens is 5. The van der Waals surface area contributed by atoms with Crippen molar-refractivity contribution in [2.24, 2.45) is 7.05 Å². The second kappa shape index (κ2) is 10.8. The van der Waals surface area contributed by atoms with Crippen molar-refractivity contribution in [2.45, 2.75) is 46.6 Å². The van der Waals surface area contributed by atoms with Crippen LogP contribution in [0.3, 0.4) is 0 Å². The number of rotatable bonds is 5. The van der Waals surface area contributed by atoms with Crippen molar-refractivity contribution in [3.8, 4) is 16.9 Å². The fourth-order valence-corrected chi connectivity index (χ4v) is 5.49. The van der Waals surface area contributed by atoms with Crippen molar-refractivity contribution in [2.75, 3.05) is 24.5 Å². The van der Waals surface area contributed by atoms with Gasteiger partial charge in [-0.25, -0.2) is 14.3 Å². The summed E-state index contributed by atoms with van der Waals surface area (Å²) in [5.74, 6) is 0.287. The number of hydrogen-bond acceptors (Lipinski definition) is 7. The van der Waals surface area contributed by atoms with Crippen LogP contribution in [0.1, 0.15) is 44.9 Å². The lowest BCUT2D eigenvalue weighted by Crippen LogP contribution is -2.54. The van der Waals surface area contributed by atoms with Gasteiger partial charge in [-0.1, -0.05) is 20.4 Å². The number of nitrogens with zero attached hydrogens (tertiary/aromatic N) is 7. The van der Waals surface area contributed by atoms with Gasteiger partial charge in [0.2, 0.25) is 5.91 Å². The third-order valence-corrected chi connectivity index (χ3v) is 7.60. The van der Waals surface area contributed by atoms with Gasteiger partial charge in [0.15, 0.2) is 5.65 Å². The number of piperazine rings is 1. The molecule has 4 aromatic heterocycles. The van der Waals surface area contributed by atoms with Crippen LogP contribution < -0.4 is 16.1 Å². The number of carbonyl (C=O) groups is 1. The minimum atomic E-state index is -0.514. The molecule has 1 aliphatic heterocycles. The molecule has 41 heavy (non-hydrogen) atoms. The summed E-state index contributed by atoms with van der Waals surface area (Å²) in [5, 5.41) is 0.540. The molecule has 1 aliphatic rings. The Labute approximate surface area is 240 Å². The number of aryl methyl sites for hydroxylation is 3. The van der Waals surface area contributed by atoms with Crippen LogP contribution in [0.4, 0.5) is 5.82 Å². The van der Waals surface area contributed by atoms with Gasteiger partial charge < -0.3 is 14.4 Å². The molecular weight excluding hydrogens is 518 g/mol. The van der Waals surface area contributed by atoms with Gasteiger partial charge in [0.05, 0.1) is 23.8 Å². The van der Waals surface area contributed by atoms with Crippen molar-refractivity contribution in [1.82, 2.24) is 29.0 Å². The first-order valence-corrected chi connectivity index (χ1v) is 13.7. The molecule has 0 N–H and O–H groups in total. The van der Waals surface area contributed by atoms with E-state index >= 15 is 0 Å². The molecule has 0 bridgehead atoms. The van der Waals surface area contributed by atoms with Crippen molar-refractivity contribution >= 4 is 22.8 Å². The number of anilines is 1. The fraction of sp³-hybridized carbons (Fsp3) is 0.355. The highest BCUT2D eigenvalue weighted by Crippen LogP contribution is 2.32. The molecule has 1 atom stereocenters. The first-order valence-electron chi connectivity index (χ1n) is 14.2. The zero-order valence-electron chi connectivity index (χ0n) is 25.3. The van der Waals surface area contributed by atoms with Crippen molar-refractivity contribution < 1.29 is 6.17 Å². The number of amides is 1. The second-order valence-corrected chi connectivity index (χ2v) is 10.9. The molecule has 4 aromatic rings. The van der Waals surface area contributed by atoms with Gasteiger partial charge in [-0.15, -0.1) is 0 Å². The molecule has 5 rings (SSSR count). The minimum absolute atomic E-state index is 0.0123. The Balaban J connectivity index is 1.83. The largest absolute Gasteiger partial charge is 0.355 e. The zero-order valence-corrected chi connectivity index (χ0v) is 24.3. The normalized spacial score (nSPS) is 15.9. The van der Waals surface area contributed by atoms with E-state index in [1.165, 1.54) is 15.2 Å². The standard InChI is InChI=1S/C31H35N7O3/c1-8-25(39)36-13-14-37(21(6)16-36)28-23-9-10-24(22-15-20(5)30(40)35(7)17-22)33-29(23)38(31(41)34-28)27-19(4)11-12-32-26(27)18(2)3/h8-12,15,17-18,21H,1,13-14,16H2,2-7H3/t21-/m0/s1/i10D. The topological polar surface area (TPSA) is 106 Å². The average molecular weight is 555 g/mol. The fourth-order valence-electron chi connectivity index (χ4n) is 5.49. The Kier molecular flexibility index (Phi) is 6.98. The molecule has 0 saturated carbocycles. The van der Waals surface area contributed by atoms with E-state index in [-0.39, 0.29) is 29.5 Å². The van der Waals surface area contributed by atoms with Crippen LogP contribution in [0.15, 0.2) is 58.9 Å². The van der Waals surface area contributed by atoms with Crippen molar-refractivity contribution in [3.05, 3.63) is 86.9 Å². The lowest BCUT2D eigenvalue weighted by molar-refractivity contribution is -0.126. The molecule has 0 spiro atoms. The maximum Gasteiger partial charge on any atom is 0.355 e. The zero-order chi connectivity index (χ0) is 30.5. The van der Waals surface area contributed by atoms with Crippen molar-refractivity contribution in [1.29, 1.82) is 0 Å². The average Bonchev–Trinajstić information content (AvgIpc) is 2.95. The smallest absolute Gasteiger partial charge is 0.350 e. The molecule has 1 fully saturated rings. The molecule has 0 aliphatic carbocycles. The van der Waals surface area contributed by atoms with Gasteiger partial charge >= 0.3 is 5.69 Å². The SMILES string of the molecule is [2H]c1cc2c(N3CCN(C(=O)C=C)C[C@@H]3C)nc(=O)n(-c3c(C)ccnc3C(C)C)c2nc1-c1cc(C)c(=O)n(C)c1. The summed E-state index contributed by atoms with van der Waals surface area (Å²) < 4.78 is 11.9. The summed E-state index contributed by atoms with van der Waals surface area (Å²) in [4.78, 5) is 56.6. The van der Waals surface area contributed by atoms with E-state index in [0.29, 0.717) is 59.0 Å². The Morgan fingerprint density at radius 3 is 2.59 bits per heavy atom. The van der Waals surface area contributed by atoms with Gasteiger partial charge in [-0.3, -0.25) is 14.6 Å². The summed E-state index contributed by atoms with van der Waals surface area (Å²) in [6.45, 7) is 14.6. The third-order valence-electron chi connectivity index (χ3n) is 7.60. The predicted molar refractivity (Wildman–Crippen MR) is 161 cm³/mol. The summed E-state index contributed by atoms with van der Waals surface area (Å²) in [7, 11) is 1.66. The highest BCUT2D eigenvalue weighted by molar-refractivity contribution is 5.91. The van der Waals surface area contributed by atoms with Crippen molar-refractivity contribution in [3.63, 3.8) is 0 Å². The maximum atomic E-state index is 14.0. The number of fused-ring (bicyclic) bond motifs is 1. The molecule has 1 amide bonds. The van der Waals surface area contributed by atoms with Crippen LogP contribution in [0.2, 0.25) is 0 Å². The van der Waals surface area contributed by atoms with Gasteiger partial charge in [0.25, 0.3) is 5.56 Å². The lowest BCUT2D eigenvalue weighted by Gasteiger charge is -2.40. The predicted octanol–water partition coefficient (Wildman–Crippen LogP) is 3.50. The molecule has 0 radical (unpaired) electrons. The molecule has 212 valence electrons. The molecule has 5 heterocycles. The van der Waals surface area contributed by atoms with E-state index in [1.54, 1.807) is 43.4 Å². The van der Waals surface area contributed by atoms with E-state index in [9.17, 15) is 14.4 Å². The van der Waals surface area contributed by atoms with Crippen LogP contribution in [-0.2, 0) is 11.8 Å². The Hall–Kier alpha value is -4.60. The van der Waals surface area contributed by atoms with E-state index in [4.69, 9.17) is 6.35 Å². The molecule has 10 heteroatoms. The molecule has 1 saturated heterocycles. The third kappa shape index (κ3) is 4.94. The van der Waals surface area contributed by atoms with E-state index in [1.807, 2.05) is 38.7 Å². The van der Waals surface area contributed by atoms with Gasteiger partial charge in [-0.2, -0.15) is 4.98 Å². The minimum Gasteiger partial charge on any atom is -0.350 e. The van der Waals surface area contributed by atoms with Crippen LogP contribution >= 0.6 is 0 Å². The summed E-state index contributed by atoms with van der Waals surface area (Å²) >= 11 is 0. The Morgan fingerprint density at radius 1 is 1.17 bits per heavy atom. The highest BCUT2D eigenvalue weighted by atomic mass is 16.2. The monoisotopic (exact) mass is 554 g/mol. The van der Waals surface area contributed by atoms with Crippen LogP contribution in [0.25, 0.3) is 28.0 Å². The summed E-state index contributed by atoms with van der Waals surface area (Å²) in [6, 6.07) is 5.23. The quantitative estimate of drug-likeness (QED) is 0.348. The summed E-state index contributed by atoms with van der Waals surface area (Å²) in [5.41, 5.74) is 3.34. The Morgan fingerprint density at radius 2 is 1.93 bits per heavy atom. The van der Waals surface area contributed by atoms with Crippen LogP contribution in [0, 0.1) is 13.8 Å². The van der Waals surface area contributed by atoms with Crippen LogP contribution in [0.5, 0.6) is 0 Å². The Bertz CT molecular complexity index is 1830. The summed E-state index contributed by atoms with van der Waals surface area (Å²) in [6.07, 6.45) is 4.68. The molecule has 10 nitrogen and oxygen atoms in total. The molecule has 0 aromatic carbocycles. The van der Waals surface area contributed by atoms with Crippen LogP contribution in [-0.4, -0.2) is 60.6 Å². The van der Waals surface area contributed by atoms with Gasteiger partial charge in [0, 0.05) is 56.2 Å².